The molecule has 0 fully saturated rings. The van der Waals surface area contributed by atoms with Gasteiger partial charge in [0.25, 0.3) is 0 Å². The standard InChI is InChI=1S/C25H29FO5S/c1-16(2)20-15-32(30,31)24(14-27)25(20)23(29)11-9-19(18-6-4-3-5-7-18)12-17-8-10-22(28)21(26)13-17/h3-8,10,12-13,16,23-24,27-29H,9,11,14-15H2,1-2H3/b19-12-/t23-,24+/m1/s1. The summed E-state index contributed by atoms with van der Waals surface area (Å²) in [5.74, 6) is -1.35. The van der Waals surface area contributed by atoms with E-state index in [2.05, 4.69) is 0 Å². The summed E-state index contributed by atoms with van der Waals surface area (Å²) in [6.45, 7) is 3.21. The molecule has 3 N–H and O–H groups in total. The quantitative estimate of drug-likeness (QED) is 0.410. The molecule has 32 heavy (non-hydrogen) atoms. The van der Waals surface area contributed by atoms with Gasteiger partial charge in [-0.05, 0) is 58.7 Å². The van der Waals surface area contributed by atoms with Gasteiger partial charge in [-0.3, -0.25) is 0 Å². The molecule has 0 saturated heterocycles. The zero-order chi connectivity index (χ0) is 23.5. The van der Waals surface area contributed by atoms with Gasteiger partial charge in [0.05, 0.1) is 18.5 Å². The van der Waals surface area contributed by atoms with Crippen molar-refractivity contribution in [3.8, 4) is 5.75 Å². The molecule has 0 saturated carbocycles. The van der Waals surface area contributed by atoms with Gasteiger partial charge < -0.3 is 15.3 Å². The highest BCUT2D eigenvalue weighted by molar-refractivity contribution is 7.92. The first-order chi connectivity index (χ1) is 15.1. The molecule has 1 heterocycles. The first-order valence-electron chi connectivity index (χ1n) is 10.6. The van der Waals surface area contributed by atoms with E-state index in [0.29, 0.717) is 23.1 Å². The maximum absolute atomic E-state index is 13.8. The highest BCUT2D eigenvalue weighted by atomic mass is 32.2. The average molecular weight is 461 g/mol. The van der Waals surface area contributed by atoms with Crippen molar-refractivity contribution in [2.24, 2.45) is 5.92 Å². The molecule has 0 radical (unpaired) electrons. The number of aliphatic hydroxyl groups excluding tert-OH is 2. The van der Waals surface area contributed by atoms with Crippen LogP contribution in [-0.4, -0.2) is 47.5 Å². The average Bonchev–Trinajstić information content (AvgIpc) is 3.04. The Morgan fingerprint density at radius 1 is 1.19 bits per heavy atom. The maximum atomic E-state index is 13.8. The molecule has 0 bridgehead atoms. The maximum Gasteiger partial charge on any atom is 0.165 e. The van der Waals surface area contributed by atoms with Crippen molar-refractivity contribution >= 4 is 21.5 Å². The first kappa shape index (κ1) is 24.2. The van der Waals surface area contributed by atoms with Crippen LogP contribution in [0.25, 0.3) is 11.6 Å². The predicted octanol–water partition coefficient (Wildman–Crippen LogP) is 3.95. The van der Waals surface area contributed by atoms with Gasteiger partial charge in [-0.1, -0.05) is 56.3 Å². The van der Waals surface area contributed by atoms with Crippen molar-refractivity contribution in [3.05, 3.63) is 76.6 Å². The molecule has 5 nitrogen and oxygen atoms in total. The Hall–Kier alpha value is -2.48. The lowest BCUT2D eigenvalue weighted by Crippen LogP contribution is -2.29. The summed E-state index contributed by atoms with van der Waals surface area (Å²) in [7, 11) is -3.54. The second-order valence-corrected chi connectivity index (χ2v) is 10.6. The number of allylic oxidation sites excluding steroid dienone is 1. The summed E-state index contributed by atoms with van der Waals surface area (Å²) in [4.78, 5) is 0. The van der Waals surface area contributed by atoms with Crippen LogP contribution >= 0.6 is 0 Å². The molecular formula is C25H29FO5S. The Bertz CT molecular complexity index is 1120. The third kappa shape index (κ3) is 5.28. The van der Waals surface area contributed by atoms with E-state index >= 15 is 0 Å². The number of phenols is 1. The van der Waals surface area contributed by atoms with Crippen molar-refractivity contribution in [3.63, 3.8) is 0 Å². The Labute approximate surface area is 188 Å². The van der Waals surface area contributed by atoms with Gasteiger partial charge in [-0.15, -0.1) is 0 Å². The number of hydrogen-bond donors (Lipinski definition) is 3. The normalized spacial score (nSPS) is 19.6. The summed E-state index contributed by atoms with van der Waals surface area (Å²) < 4.78 is 38.8. The smallest absolute Gasteiger partial charge is 0.165 e. The number of phenolic OH excluding ortho intramolecular Hbond substituents is 1. The summed E-state index contributed by atoms with van der Waals surface area (Å²) in [6, 6.07) is 13.6. The van der Waals surface area contributed by atoms with E-state index in [-0.39, 0.29) is 18.1 Å². The number of aliphatic hydroxyl groups is 2. The van der Waals surface area contributed by atoms with Crippen molar-refractivity contribution in [2.75, 3.05) is 12.4 Å². The van der Waals surface area contributed by atoms with Gasteiger partial charge in [0.15, 0.2) is 21.4 Å². The van der Waals surface area contributed by atoms with Crippen LogP contribution in [-0.2, 0) is 9.84 Å². The Morgan fingerprint density at radius 3 is 2.47 bits per heavy atom. The van der Waals surface area contributed by atoms with Crippen LogP contribution in [0.1, 0.15) is 37.8 Å². The highest BCUT2D eigenvalue weighted by Gasteiger charge is 2.41. The lowest BCUT2D eigenvalue weighted by atomic mass is 9.89. The van der Waals surface area contributed by atoms with Gasteiger partial charge in [0.2, 0.25) is 0 Å². The van der Waals surface area contributed by atoms with Crippen molar-refractivity contribution < 1.29 is 28.1 Å². The van der Waals surface area contributed by atoms with Crippen LogP contribution in [0.3, 0.4) is 0 Å². The molecule has 2 atom stereocenters. The minimum atomic E-state index is -3.54. The minimum Gasteiger partial charge on any atom is -0.505 e. The van der Waals surface area contributed by atoms with E-state index in [4.69, 9.17) is 0 Å². The molecule has 0 spiro atoms. The van der Waals surface area contributed by atoms with Gasteiger partial charge in [-0.25, -0.2) is 12.8 Å². The topological polar surface area (TPSA) is 94.8 Å². The third-order valence-electron chi connectivity index (χ3n) is 5.87. The number of halogens is 1. The van der Waals surface area contributed by atoms with Gasteiger partial charge >= 0.3 is 0 Å². The zero-order valence-electron chi connectivity index (χ0n) is 18.2. The summed E-state index contributed by atoms with van der Waals surface area (Å²) in [6.07, 6.45) is 1.42. The van der Waals surface area contributed by atoms with Crippen molar-refractivity contribution in [1.29, 1.82) is 0 Å². The summed E-state index contributed by atoms with van der Waals surface area (Å²) in [5, 5.41) is 29.1. The minimum absolute atomic E-state index is 0.0601. The third-order valence-corrected chi connectivity index (χ3v) is 7.86. The molecular weight excluding hydrogens is 431 g/mol. The van der Waals surface area contributed by atoms with E-state index < -0.39 is 39.4 Å². The fourth-order valence-electron chi connectivity index (χ4n) is 4.16. The van der Waals surface area contributed by atoms with Crippen LogP contribution in [0.5, 0.6) is 5.75 Å². The fraction of sp³-hybridized carbons (Fsp3) is 0.360. The largest absolute Gasteiger partial charge is 0.505 e. The monoisotopic (exact) mass is 460 g/mol. The molecule has 1 aliphatic heterocycles. The molecule has 2 aromatic carbocycles. The van der Waals surface area contributed by atoms with Crippen LogP contribution in [0.4, 0.5) is 4.39 Å². The molecule has 2 aromatic rings. The van der Waals surface area contributed by atoms with E-state index in [1.807, 2.05) is 44.2 Å². The van der Waals surface area contributed by atoms with E-state index in [9.17, 15) is 28.1 Å². The predicted molar refractivity (Wildman–Crippen MR) is 124 cm³/mol. The molecule has 0 amide bonds. The molecule has 7 heteroatoms. The molecule has 1 aliphatic rings. The number of aromatic hydroxyl groups is 1. The van der Waals surface area contributed by atoms with Crippen molar-refractivity contribution in [1.82, 2.24) is 0 Å². The molecule has 0 unspecified atom stereocenters. The van der Waals surface area contributed by atoms with Crippen LogP contribution in [0.2, 0.25) is 0 Å². The number of hydrogen-bond acceptors (Lipinski definition) is 5. The van der Waals surface area contributed by atoms with Crippen LogP contribution in [0, 0.1) is 11.7 Å². The Morgan fingerprint density at radius 2 is 1.88 bits per heavy atom. The summed E-state index contributed by atoms with van der Waals surface area (Å²) >= 11 is 0. The first-order valence-corrected chi connectivity index (χ1v) is 12.3. The van der Waals surface area contributed by atoms with Crippen LogP contribution in [0.15, 0.2) is 59.7 Å². The van der Waals surface area contributed by atoms with Gasteiger partial charge in [0, 0.05) is 0 Å². The number of rotatable bonds is 8. The van der Waals surface area contributed by atoms with Gasteiger partial charge in [-0.2, -0.15) is 0 Å². The second kappa shape index (κ2) is 9.98. The fourth-order valence-corrected chi connectivity index (χ4v) is 6.21. The van der Waals surface area contributed by atoms with E-state index in [0.717, 1.165) is 11.1 Å². The van der Waals surface area contributed by atoms with E-state index in [1.165, 1.54) is 12.1 Å². The molecule has 0 aromatic heterocycles. The van der Waals surface area contributed by atoms with Crippen LogP contribution < -0.4 is 0 Å². The molecule has 0 aliphatic carbocycles. The van der Waals surface area contributed by atoms with Crippen molar-refractivity contribution in [2.45, 2.75) is 38.0 Å². The van der Waals surface area contributed by atoms with Gasteiger partial charge in [0.1, 0.15) is 5.25 Å². The number of benzene rings is 2. The Balaban J connectivity index is 1.91. The number of sulfone groups is 1. The summed E-state index contributed by atoms with van der Waals surface area (Å²) in [5.41, 5.74) is 3.37. The Kier molecular flexibility index (Phi) is 7.54. The second-order valence-electron chi connectivity index (χ2n) is 8.41. The molecule has 172 valence electrons. The molecule has 3 rings (SSSR count). The zero-order valence-corrected chi connectivity index (χ0v) is 19.0. The van der Waals surface area contributed by atoms with E-state index in [1.54, 1.807) is 12.1 Å². The SMILES string of the molecule is CC(C)C1=C([C@H](O)CC/C(=C/c2ccc(O)c(F)c2)c2ccccc2)[C@H](CO)S(=O)(=O)C1. The highest BCUT2D eigenvalue weighted by Crippen LogP contribution is 2.36. The lowest BCUT2D eigenvalue weighted by molar-refractivity contribution is 0.189. The lowest BCUT2D eigenvalue weighted by Gasteiger charge is -2.21.